The molecule has 2 atom stereocenters. The number of hydrogen-bond acceptors (Lipinski definition) is 2. The zero-order valence-electron chi connectivity index (χ0n) is 10.3. The van der Waals surface area contributed by atoms with Crippen molar-refractivity contribution in [2.75, 3.05) is 0 Å². The van der Waals surface area contributed by atoms with Crippen LogP contribution >= 0.6 is 11.6 Å². The first-order valence-corrected chi connectivity index (χ1v) is 6.20. The summed E-state index contributed by atoms with van der Waals surface area (Å²) in [4.78, 5) is 0. The van der Waals surface area contributed by atoms with Gasteiger partial charge in [-0.15, -0.1) is 0 Å². The van der Waals surface area contributed by atoms with Crippen LogP contribution in [-0.4, -0.2) is 0 Å². The van der Waals surface area contributed by atoms with Crippen molar-refractivity contribution in [3.8, 4) is 0 Å². The van der Waals surface area contributed by atoms with Crippen LogP contribution in [0.3, 0.4) is 0 Å². The summed E-state index contributed by atoms with van der Waals surface area (Å²) in [5.74, 6) is 0.463. The van der Waals surface area contributed by atoms with Crippen LogP contribution < -0.4 is 5.32 Å². The Kier molecular flexibility index (Phi) is 4.04. The van der Waals surface area contributed by atoms with Gasteiger partial charge in [-0.2, -0.15) is 0 Å². The maximum atomic E-state index is 13.4. The Bertz CT molecular complexity index is 513. The van der Waals surface area contributed by atoms with Gasteiger partial charge in [0.2, 0.25) is 0 Å². The van der Waals surface area contributed by atoms with Gasteiger partial charge in [0.15, 0.2) is 0 Å². The molecule has 2 aromatic rings. The fraction of sp³-hybridized carbons (Fsp3) is 0.286. The number of hydrogen-bond donors (Lipinski definition) is 1. The first-order chi connectivity index (χ1) is 8.58. The van der Waals surface area contributed by atoms with Crippen LogP contribution in [0.15, 0.2) is 41.0 Å². The average Bonchev–Trinajstić information content (AvgIpc) is 2.86. The number of rotatable bonds is 4. The summed E-state index contributed by atoms with van der Waals surface area (Å²) in [6.45, 7) is 3.98. The topological polar surface area (TPSA) is 25.2 Å². The zero-order valence-corrected chi connectivity index (χ0v) is 11.0. The highest BCUT2D eigenvalue weighted by molar-refractivity contribution is 6.30. The Morgan fingerprint density at radius 3 is 2.61 bits per heavy atom. The van der Waals surface area contributed by atoms with Gasteiger partial charge in [-0.1, -0.05) is 17.7 Å². The van der Waals surface area contributed by atoms with Crippen LogP contribution in [0.4, 0.5) is 4.39 Å². The maximum Gasteiger partial charge on any atom is 0.142 e. The Labute approximate surface area is 111 Å². The highest BCUT2D eigenvalue weighted by Crippen LogP contribution is 2.23. The molecule has 0 saturated heterocycles. The molecule has 18 heavy (non-hydrogen) atoms. The second kappa shape index (κ2) is 5.55. The molecule has 2 rings (SSSR count). The SMILES string of the molecule is CC(N[C@@H](C)c1ccco1)c1ccc(Cl)c(F)c1. The monoisotopic (exact) mass is 267 g/mol. The predicted molar refractivity (Wildman–Crippen MR) is 70.1 cm³/mol. The lowest BCUT2D eigenvalue weighted by Crippen LogP contribution is -2.22. The molecule has 4 heteroatoms. The van der Waals surface area contributed by atoms with Crippen LogP contribution in [0, 0.1) is 5.82 Å². The van der Waals surface area contributed by atoms with E-state index in [2.05, 4.69) is 5.32 Å². The summed E-state index contributed by atoms with van der Waals surface area (Å²) in [6, 6.07) is 8.67. The van der Waals surface area contributed by atoms with E-state index in [0.29, 0.717) is 0 Å². The summed E-state index contributed by atoms with van der Waals surface area (Å²) in [6.07, 6.45) is 1.64. The number of benzene rings is 1. The molecule has 0 amide bonds. The normalized spacial score (nSPS) is 14.4. The molecule has 0 aliphatic rings. The molecule has 1 heterocycles. The lowest BCUT2D eigenvalue weighted by atomic mass is 10.1. The lowest BCUT2D eigenvalue weighted by Gasteiger charge is -2.19. The van der Waals surface area contributed by atoms with Crippen LogP contribution in [0.25, 0.3) is 0 Å². The molecule has 2 nitrogen and oxygen atoms in total. The summed E-state index contributed by atoms with van der Waals surface area (Å²) in [5, 5.41) is 3.49. The molecule has 0 spiro atoms. The van der Waals surface area contributed by atoms with Crippen molar-refractivity contribution in [2.24, 2.45) is 0 Å². The zero-order chi connectivity index (χ0) is 13.1. The van der Waals surface area contributed by atoms with Crippen molar-refractivity contribution < 1.29 is 8.81 Å². The minimum Gasteiger partial charge on any atom is -0.468 e. The van der Waals surface area contributed by atoms with Crippen molar-refractivity contribution in [1.82, 2.24) is 5.32 Å². The molecule has 96 valence electrons. The molecule has 1 aromatic heterocycles. The molecule has 0 saturated carbocycles. The molecule has 0 radical (unpaired) electrons. The van der Waals surface area contributed by atoms with E-state index in [1.165, 1.54) is 6.07 Å². The Morgan fingerprint density at radius 1 is 1.22 bits per heavy atom. The molecule has 1 aromatic carbocycles. The Hall–Kier alpha value is -1.32. The van der Waals surface area contributed by atoms with E-state index in [4.69, 9.17) is 16.0 Å². The lowest BCUT2D eigenvalue weighted by molar-refractivity contribution is 0.402. The molecular formula is C14H15ClFNO. The minimum absolute atomic E-state index is 0.0110. The molecule has 0 aliphatic heterocycles. The number of halogens is 2. The third kappa shape index (κ3) is 2.92. The van der Waals surface area contributed by atoms with E-state index in [0.717, 1.165) is 11.3 Å². The molecule has 1 unspecified atom stereocenters. The van der Waals surface area contributed by atoms with Crippen LogP contribution in [-0.2, 0) is 0 Å². The van der Waals surface area contributed by atoms with E-state index in [9.17, 15) is 4.39 Å². The maximum absolute atomic E-state index is 13.4. The van der Waals surface area contributed by atoms with Crippen LogP contribution in [0.1, 0.15) is 37.3 Å². The van der Waals surface area contributed by atoms with Gasteiger partial charge in [-0.25, -0.2) is 4.39 Å². The number of nitrogens with one attached hydrogen (secondary N) is 1. The van der Waals surface area contributed by atoms with Crippen molar-refractivity contribution in [1.29, 1.82) is 0 Å². The van der Waals surface area contributed by atoms with Gasteiger partial charge < -0.3 is 9.73 Å². The van der Waals surface area contributed by atoms with Crippen molar-refractivity contribution in [3.05, 3.63) is 58.8 Å². The summed E-state index contributed by atoms with van der Waals surface area (Å²) >= 11 is 5.66. The van der Waals surface area contributed by atoms with Gasteiger partial charge in [-0.3, -0.25) is 0 Å². The predicted octanol–water partition coefficient (Wildman–Crippen LogP) is 4.48. The highest BCUT2D eigenvalue weighted by atomic mass is 35.5. The molecule has 0 fully saturated rings. The first kappa shape index (κ1) is 13.1. The molecular weight excluding hydrogens is 253 g/mol. The minimum atomic E-state index is -0.395. The van der Waals surface area contributed by atoms with Crippen LogP contribution in [0.2, 0.25) is 5.02 Å². The van der Waals surface area contributed by atoms with Gasteiger partial charge in [0.25, 0.3) is 0 Å². The van der Waals surface area contributed by atoms with E-state index in [-0.39, 0.29) is 17.1 Å². The fourth-order valence-electron chi connectivity index (χ4n) is 1.87. The second-order valence-electron chi connectivity index (χ2n) is 4.30. The third-order valence-electron chi connectivity index (χ3n) is 2.91. The van der Waals surface area contributed by atoms with E-state index in [1.807, 2.05) is 32.0 Å². The van der Waals surface area contributed by atoms with Gasteiger partial charge in [0, 0.05) is 6.04 Å². The summed E-state index contributed by atoms with van der Waals surface area (Å²) < 4.78 is 18.7. The Morgan fingerprint density at radius 2 is 2.00 bits per heavy atom. The number of furan rings is 1. The van der Waals surface area contributed by atoms with Crippen LogP contribution in [0.5, 0.6) is 0 Å². The standard InChI is InChI=1S/C14H15ClFNO/c1-9(11-5-6-12(15)13(16)8-11)17-10(2)14-4-3-7-18-14/h3-10,17H,1-2H3/t9?,10-/m0/s1. The molecule has 1 N–H and O–H groups in total. The third-order valence-corrected chi connectivity index (χ3v) is 3.22. The van der Waals surface area contributed by atoms with Gasteiger partial charge in [0.1, 0.15) is 11.6 Å². The van der Waals surface area contributed by atoms with Crippen molar-refractivity contribution in [2.45, 2.75) is 25.9 Å². The largest absolute Gasteiger partial charge is 0.468 e. The summed E-state index contributed by atoms with van der Waals surface area (Å²) in [7, 11) is 0. The quantitative estimate of drug-likeness (QED) is 0.883. The smallest absolute Gasteiger partial charge is 0.142 e. The summed E-state index contributed by atoms with van der Waals surface area (Å²) in [5.41, 5.74) is 0.857. The van der Waals surface area contributed by atoms with E-state index >= 15 is 0 Å². The van der Waals surface area contributed by atoms with Crippen molar-refractivity contribution >= 4 is 11.6 Å². The molecule has 0 bridgehead atoms. The van der Waals surface area contributed by atoms with Gasteiger partial charge in [-0.05, 0) is 43.7 Å². The highest BCUT2D eigenvalue weighted by Gasteiger charge is 2.14. The van der Waals surface area contributed by atoms with E-state index < -0.39 is 5.82 Å². The fourth-order valence-corrected chi connectivity index (χ4v) is 1.99. The first-order valence-electron chi connectivity index (χ1n) is 5.82. The average molecular weight is 268 g/mol. The van der Waals surface area contributed by atoms with Crippen molar-refractivity contribution in [3.63, 3.8) is 0 Å². The van der Waals surface area contributed by atoms with Gasteiger partial charge >= 0.3 is 0 Å². The molecule has 0 aliphatic carbocycles. The van der Waals surface area contributed by atoms with E-state index in [1.54, 1.807) is 12.3 Å². The Balaban J connectivity index is 2.07. The van der Waals surface area contributed by atoms with Gasteiger partial charge in [0.05, 0.1) is 17.3 Å². The second-order valence-corrected chi connectivity index (χ2v) is 4.71.